The molecular weight excluding hydrogens is 321 g/mol. The van der Waals surface area contributed by atoms with Gasteiger partial charge in [-0.05, 0) is 30.3 Å². The first-order valence-corrected chi connectivity index (χ1v) is 7.23. The summed E-state index contributed by atoms with van der Waals surface area (Å²) in [5, 5.41) is 8.81. The van der Waals surface area contributed by atoms with E-state index in [4.69, 9.17) is 16.7 Å². The number of hydrogen-bond acceptors (Lipinski definition) is 5. The number of nitrogen functional groups attached to an aromatic ring is 1. The highest BCUT2D eigenvalue weighted by Crippen LogP contribution is 2.26. The molecular formula is C18H12FN5O. The molecule has 0 aliphatic carbocycles. The molecule has 0 aliphatic heterocycles. The molecule has 0 saturated carbocycles. The van der Waals surface area contributed by atoms with Crippen LogP contribution >= 0.6 is 0 Å². The number of primary amides is 1. The predicted octanol–water partition coefficient (Wildman–Crippen LogP) is 2.50. The minimum absolute atomic E-state index is 0.0243. The molecule has 2 aromatic carbocycles. The molecule has 0 fully saturated rings. The van der Waals surface area contributed by atoms with Crippen molar-refractivity contribution in [2.75, 3.05) is 5.73 Å². The third kappa shape index (κ3) is 3.28. The van der Waals surface area contributed by atoms with Crippen molar-refractivity contribution in [3.8, 4) is 28.6 Å². The molecule has 0 unspecified atom stereocenters. The smallest absolute Gasteiger partial charge is 0.248 e. The molecule has 1 aromatic heterocycles. The Morgan fingerprint density at radius 1 is 1.00 bits per heavy atom. The summed E-state index contributed by atoms with van der Waals surface area (Å²) in [6.45, 7) is 0. The summed E-state index contributed by atoms with van der Waals surface area (Å²) in [5.41, 5.74) is 13.4. The summed E-state index contributed by atoms with van der Waals surface area (Å²) in [7, 11) is 0. The van der Waals surface area contributed by atoms with Crippen LogP contribution in [0.1, 0.15) is 15.9 Å². The van der Waals surface area contributed by atoms with Gasteiger partial charge in [0.25, 0.3) is 0 Å². The quantitative estimate of drug-likeness (QED) is 0.763. The largest absolute Gasteiger partial charge is 0.368 e. The summed E-state index contributed by atoms with van der Waals surface area (Å²) < 4.78 is 13.8. The average molecular weight is 333 g/mol. The lowest BCUT2D eigenvalue weighted by atomic mass is 10.0. The molecule has 1 heterocycles. The number of nitrogens with two attached hydrogens (primary N) is 2. The Balaban J connectivity index is 2.05. The number of aromatic nitrogens is 2. The van der Waals surface area contributed by atoms with Gasteiger partial charge in [-0.3, -0.25) is 4.79 Å². The van der Waals surface area contributed by atoms with Crippen molar-refractivity contribution >= 4 is 11.9 Å². The fourth-order valence-electron chi connectivity index (χ4n) is 2.33. The van der Waals surface area contributed by atoms with Crippen molar-refractivity contribution in [3.05, 3.63) is 65.5 Å². The number of carbonyl (C=O) groups excluding carboxylic acids is 1. The normalized spacial score (nSPS) is 10.2. The maximum atomic E-state index is 13.8. The molecule has 0 bridgehead atoms. The highest BCUT2D eigenvalue weighted by atomic mass is 19.1. The zero-order valence-corrected chi connectivity index (χ0v) is 12.9. The zero-order valence-electron chi connectivity index (χ0n) is 12.9. The summed E-state index contributed by atoms with van der Waals surface area (Å²) in [6.07, 6.45) is 0. The van der Waals surface area contributed by atoms with Crippen molar-refractivity contribution in [3.63, 3.8) is 0 Å². The molecule has 122 valence electrons. The molecule has 0 aliphatic rings. The van der Waals surface area contributed by atoms with Crippen LogP contribution < -0.4 is 11.5 Å². The van der Waals surface area contributed by atoms with E-state index in [2.05, 4.69) is 9.97 Å². The van der Waals surface area contributed by atoms with Gasteiger partial charge in [0.2, 0.25) is 11.9 Å². The van der Waals surface area contributed by atoms with E-state index in [1.165, 1.54) is 12.1 Å². The van der Waals surface area contributed by atoms with Crippen molar-refractivity contribution in [2.45, 2.75) is 0 Å². The van der Waals surface area contributed by atoms with Gasteiger partial charge < -0.3 is 11.5 Å². The van der Waals surface area contributed by atoms with Gasteiger partial charge in [0.1, 0.15) is 11.9 Å². The second-order valence-corrected chi connectivity index (χ2v) is 5.24. The number of rotatable bonds is 3. The van der Waals surface area contributed by atoms with Crippen molar-refractivity contribution in [1.29, 1.82) is 5.26 Å². The minimum Gasteiger partial charge on any atom is -0.368 e. The van der Waals surface area contributed by atoms with E-state index in [0.717, 1.165) is 0 Å². The number of carbonyl (C=O) groups is 1. The monoisotopic (exact) mass is 333 g/mol. The first-order chi connectivity index (χ1) is 12.0. The highest BCUT2D eigenvalue weighted by Gasteiger charge is 2.10. The number of nitrogens with zero attached hydrogens (tertiary/aromatic N) is 3. The number of halogens is 1. The van der Waals surface area contributed by atoms with Gasteiger partial charge in [0, 0.05) is 16.7 Å². The summed E-state index contributed by atoms with van der Waals surface area (Å²) >= 11 is 0. The first kappa shape index (κ1) is 16.1. The number of nitriles is 1. The molecule has 0 spiro atoms. The van der Waals surface area contributed by atoms with Gasteiger partial charge in [0.15, 0.2) is 0 Å². The van der Waals surface area contributed by atoms with E-state index >= 15 is 0 Å². The lowest BCUT2D eigenvalue weighted by Gasteiger charge is -2.07. The third-order valence-electron chi connectivity index (χ3n) is 3.59. The van der Waals surface area contributed by atoms with E-state index in [0.29, 0.717) is 28.1 Å². The zero-order chi connectivity index (χ0) is 18.0. The molecule has 25 heavy (non-hydrogen) atoms. The minimum atomic E-state index is -0.635. The maximum Gasteiger partial charge on any atom is 0.248 e. The Morgan fingerprint density at radius 2 is 1.60 bits per heavy atom. The average Bonchev–Trinajstić information content (AvgIpc) is 2.61. The molecule has 0 saturated heterocycles. The van der Waals surface area contributed by atoms with Crippen LogP contribution in [-0.4, -0.2) is 15.9 Å². The van der Waals surface area contributed by atoms with E-state index in [1.54, 1.807) is 42.5 Å². The first-order valence-electron chi connectivity index (χ1n) is 7.23. The lowest BCUT2D eigenvalue weighted by Crippen LogP contribution is -2.10. The number of amides is 1. The summed E-state index contributed by atoms with van der Waals surface area (Å²) in [6, 6.07) is 14.1. The fourth-order valence-corrected chi connectivity index (χ4v) is 2.33. The topological polar surface area (TPSA) is 119 Å². The molecule has 7 heteroatoms. The molecule has 1 amide bonds. The maximum absolute atomic E-state index is 13.8. The fraction of sp³-hybridized carbons (Fsp3) is 0. The van der Waals surface area contributed by atoms with Gasteiger partial charge in [-0.1, -0.05) is 18.2 Å². The van der Waals surface area contributed by atoms with Gasteiger partial charge in [0.05, 0.1) is 17.0 Å². The van der Waals surface area contributed by atoms with Crippen molar-refractivity contribution in [2.24, 2.45) is 5.73 Å². The standard InChI is InChI=1S/C18H12FN5O/c19-14-7-12(5-6-13(14)9-20)16-8-15(23-18(22)24-16)10-1-3-11(4-2-10)17(21)25/h1-8H,(H2,21,25)(H2,22,23,24). The number of hydrogen-bond donors (Lipinski definition) is 2. The molecule has 3 aromatic rings. The van der Waals surface area contributed by atoms with Crippen LogP contribution in [0, 0.1) is 17.1 Å². The van der Waals surface area contributed by atoms with Crippen LogP contribution in [0.3, 0.4) is 0 Å². The van der Waals surface area contributed by atoms with Crippen molar-refractivity contribution in [1.82, 2.24) is 9.97 Å². The molecule has 4 N–H and O–H groups in total. The van der Waals surface area contributed by atoms with Crippen LogP contribution in [0.4, 0.5) is 10.3 Å². The molecule has 6 nitrogen and oxygen atoms in total. The second-order valence-electron chi connectivity index (χ2n) is 5.24. The van der Waals surface area contributed by atoms with Crippen LogP contribution in [-0.2, 0) is 0 Å². The van der Waals surface area contributed by atoms with Gasteiger partial charge >= 0.3 is 0 Å². The van der Waals surface area contributed by atoms with Crippen LogP contribution in [0.15, 0.2) is 48.5 Å². The third-order valence-corrected chi connectivity index (χ3v) is 3.59. The van der Waals surface area contributed by atoms with Crippen LogP contribution in [0.5, 0.6) is 0 Å². The number of benzene rings is 2. The highest BCUT2D eigenvalue weighted by molar-refractivity contribution is 5.93. The summed E-state index contributed by atoms with van der Waals surface area (Å²) in [4.78, 5) is 19.4. The summed E-state index contributed by atoms with van der Waals surface area (Å²) in [5.74, 6) is -1.14. The molecule has 0 atom stereocenters. The Kier molecular flexibility index (Phi) is 4.10. The van der Waals surface area contributed by atoms with Gasteiger partial charge in [-0.2, -0.15) is 5.26 Å². The Bertz CT molecular complexity index is 1010. The van der Waals surface area contributed by atoms with E-state index in [1.807, 2.05) is 0 Å². The van der Waals surface area contributed by atoms with E-state index in [-0.39, 0.29) is 11.5 Å². The SMILES string of the molecule is N#Cc1ccc(-c2cc(-c3ccc(C(N)=O)cc3)nc(N)n2)cc1F. The Hall–Kier alpha value is -3.79. The molecule has 3 rings (SSSR count). The van der Waals surface area contributed by atoms with Gasteiger partial charge in [-0.15, -0.1) is 0 Å². The predicted molar refractivity (Wildman–Crippen MR) is 90.5 cm³/mol. The lowest BCUT2D eigenvalue weighted by molar-refractivity contribution is 0.100. The number of anilines is 1. The second kappa shape index (κ2) is 6.37. The van der Waals surface area contributed by atoms with Gasteiger partial charge in [-0.25, -0.2) is 14.4 Å². The van der Waals surface area contributed by atoms with Crippen LogP contribution in [0.25, 0.3) is 22.5 Å². The van der Waals surface area contributed by atoms with Crippen LogP contribution in [0.2, 0.25) is 0 Å². The Morgan fingerprint density at radius 3 is 2.16 bits per heavy atom. The molecule has 0 radical (unpaired) electrons. The van der Waals surface area contributed by atoms with Crippen molar-refractivity contribution < 1.29 is 9.18 Å². The Labute approximate surface area is 142 Å². The van der Waals surface area contributed by atoms with E-state index < -0.39 is 11.7 Å². The van der Waals surface area contributed by atoms with E-state index in [9.17, 15) is 9.18 Å².